The molecule has 2 rings (SSSR count). The largest absolute Gasteiger partial charge is 0.490 e. The first-order valence-electron chi connectivity index (χ1n) is 6.37. The molecule has 1 aliphatic carbocycles. The van der Waals surface area contributed by atoms with E-state index in [9.17, 15) is 13.2 Å². The normalized spacial score (nSPS) is 17.1. The highest BCUT2D eigenvalue weighted by molar-refractivity contribution is 5.37. The van der Waals surface area contributed by atoms with E-state index in [-0.39, 0.29) is 6.10 Å². The number of ether oxygens (including phenoxy) is 1. The lowest BCUT2D eigenvalue weighted by atomic mass is 10.0. The average molecular weight is 258 g/mol. The van der Waals surface area contributed by atoms with Crippen LogP contribution in [0.3, 0.4) is 0 Å². The maximum absolute atomic E-state index is 12.9. The van der Waals surface area contributed by atoms with E-state index in [2.05, 4.69) is 0 Å². The van der Waals surface area contributed by atoms with Crippen molar-refractivity contribution in [2.45, 2.75) is 51.3 Å². The van der Waals surface area contributed by atoms with Gasteiger partial charge in [-0.2, -0.15) is 13.2 Å². The lowest BCUT2D eigenvalue weighted by molar-refractivity contribution is -0.138. The molecule has 1 nitrogen and oxygen atoms in total. The maximum Gasteiger partial charge on any atom is 0.416 e. The molecule has 0 bridgehead atoms. The second-order valence-corrected chi connectivity index (χ2v) is 4.69. The van der Waals surface area contributed by atoms with Gasteiger partial charge in [-0.3, -0.25) is 0 Å². The first-order valence-corrected chi connectivity index (χ1v) is 6.37. The van der Waals surface area contributed by atoms with Crippen molar-refractivity contribution in [3.05, 3.63) is 29.3 Å². The third-order valence-electron chi connectivity index (χ3n) is 3.37. The Hall–Kier alpha value is -1.19. The fraction of sp³-hybridized carbons (Fsp3) is 0.571. The molecule has 0 N–H and O–H groups in total. The number of hydrogen-bond donors (Lipinski definition) is 0. The topological polar surface area (TPSA) is 9.23 Å². The summed E-state index contributed by atoms with van der Waals surface area (Å²) < 4.78 is 44.2. The third-order valence-corrected chi connectivity index (χ3v) is 3.37. The number of aryl methyl sites for hydroxylation is 1. The molecule has 4 heteroatoms. The standard InChI is InChI=1S/C14H17F3O/c1-2-10-7-8-12(9-13(10)14(15,16)17)18-11-5-3-4-6-11/h7-9,11H,2-6H2,1H3. The first kappa shape index (κ1) is 13.2. The Balaban J connectivity index is 2.22. The maximum atomic E-state index is 12.9. The van der Waals surface area contributed by atoms with Gasteiger partial charge < -0.3 is 4.74 Å². The van der Waals surface area contributed by atoms with E-state index < -0.39 is 11.7 Å². The van der Waals surface area contributed by atoms with Crippen molar-refractivity contribution in [3.63, 3.8) is 0 Å². The molecule has 1 aromatic rings. The molecule has 0 radical (unpaired) electrons. The van der Waals surface area contributed by atoms with Crippen LogP contribution < -0.4 is 4.74 Å². The van der Waals surface area contributed by atoms with Crippen molar-refractivity contribution < 1.29 is 17.9 Å². The van der Waals surface area contributed by atoms with Gasteiger partial charge in [-0.05, 0) is 49.8 Å². The van der Waals surface area contributed by atoms with Crippen molar-refractivity contribution in [1.82, 2.24) is 0 Å². The van der Waals surface area contributed by atoms with Gasteiger partial charge in [0.15, 0.2) is 0 Å². The lowest BCUT2D eigenvalue weighted by Gasteiger charge is -2.17. The molecule has 1 aromatic carbocycles. The summed E-state index contributed by atoms with van der Waals surface area (Å²) in [4.78, 5) is 0. The molecule has 0 saturated heterocycles. The molecule has 1 aliphatic rings. The van der Waals surface area contributed by atoms with Gasteiger partial charge in [-0.15, -0.1) is 0 Å². The van der Waals surface area contributed by atoms with Crippen molar-refractivity contribution >= 4 is 0 Å². The van der Waals surface area contributed by atoms with Crippen molar-refractivity contribution in [3.8, 4) is 5.75 Å². The van der Waals surface area contributed by atoms with Crippen LogP contribution in [0, 0.1) is 0 Å². The molecular weight excluding hydrogens is 241 g/mol. The Bertz CT molecular complexity index is 406. The second kappa shape index (κ2) is 5.21. The van der Waals surface area contributed by atoms with Crippen LogP contribution >= 0.6 is 0 Å². The minimum atomic E-state index is -4.31. The van der Waals surface area contributed by atoms with Gasteiger partial charge >= 0.3 is 6.18 Å². The Morgan fingerprint density at radius 3 is 2.44 bits per heavy atom. The summed E-state index contributed by atoms with van der Waals surface area (Å²) in [6, 6.07) is 4.30. The third kappa shape index (κ3) is 2.98. The number of hydrogen-bond acceptors (Lipinski definition) is 1. The van der Waals surface area contributed by atoms with Crippen LogP contribution in [0.2, 0.25) is 0 Å². The molecule has 0 amide bonds. The minimum absolute atomic E-state index is 0.0820. The molecule has 0 aromatic heterocycles. The van der Waals surface area contributed by atoms with E-state index in [1.807, 2.05) is 0 Å². The number of halogens is 3. The first-order chi connectivity index (χ1) is 8.50. The Kier molecular flexibility index (Phi) is 3.83. The molecular formula is C14H17F3O. The lowest BCUT2D eigenvalue weighted by Crippen LogP contribution is -2.13. The summed E-state index contributed by atoms with van der Waals surface area (Å²) >= 11 is 0. The molecule has 0 aliphatic heterocycles. The fourth-order valence-corrected chi connectivity index (χ4v) is 2.40. The zero-order valence-electron chi connectivity index (χ0n) is 10.4. The summed E-state index contributed by atoms with van der Waals surface area (Å²) in [5, 5.41) is 0. The van der Waals surface area contributed by atoms with E-state index in [0.717, 1.165) is 31.7 Å². The van der Waals surface area contributed by atoms with Crippen LogP contribution in [0.15, 0.2) is 18.2 Å². The van der Waals surface area contributed by atoms with Crippen LogP contribution in [0.4, 0.5) is 13.2 Å². The second-order valence-electron chi connectivity index (χ2n) is 4.69. The molecule has 0 spiro atoms. The molecule has 0 heterocycles. The zero-order chi connectivity index (χ0) is 13.2. The Morgan fingerprint density at radius 2 is 1.89 bits per heavy atom. The highest BCUT2D eigenvalue weighted by Crippen LogP contribution is 2.35. The Labute approximate surface area is 105 Å². The van der Waals surface area contributed by atoms with Crippen molar-refractivity contribution in [1.29, 1.82) is 0 Å². The Morgan fingerprint density at radius 1 is 1.22 bits per heavy atom. The van der Waals surface area contributed by atoms with Crippen molar-refractivity contribution in [2.75, 3.05) is 0 Å². The highest BCUT2D eigenvalue weighted by Gasteiger charge is 2.33. The van der Waals surface area contributed by atoms with Gasteiger partial charge in [0.05, 0.1) is 11.7 Å². The minimum Gasteiger partial charge on any atom is -0.490 e. The molecule has 0 unspecified atom stereocenters. The smallest absolute Gasteiger partial charge is 0.416 e. The van der Waals surface area contributed by atoms with Crippen LogP contribution in [0.1, 0.15) is 43.7 Å². The summed E-state index contributed by atoms with van der Waals surface area (Å²) in [5.41, 5.74) is -0.248. The number of alkyl halides is 3. The summed E-state index contributed by atoms with van der Waals surface area (Å²) in [5.74, 6) is 0.339. The predicted octanol–water partition coefficient (Wildman–Crippen LogP) is 4.59. The molecule has 100 valence electrons. The monoisotopic (exact) mass is 258 g/mol. The van der Waals surface area contributed by atoms with E-state index >= 15 is 0 Å². The molecule has 18 heavy (non-hydrogen) atoms. The van der Waals surface area contributed by atoms with Gasteiger partial charge in [0.2, 0.25) is 0 Å². The van der Waals surface area contributed by atoms with Crippen LogP contribution in [-0.2, 0) is 12.6 Å². The number of rotatable bonds is 3. The number of benzene rings is 1. The van der Waals surface area contributed by atoms with Gasteiger partial charge in [0.1, 0.15) is 5.75 Å². The SMILES string of the molecule is CCc1ccc(OC2CCCC2)cc1C(F)(F)F. The average Bonchev–Trinajstić information content (AvgIpc) is 2.80. The summed E-state index contributed by atoms with van der Waals surface area (Å²) in [7, 11) is 0. The quantitative estimate of drug-likeness (QED) is 0.770. The predicted molar refractivity (Wildman–Crippen MR) is 63.7 cm³/mol. The van der Waals surface area contributed by atoms with Gasteiger partial charge in [-0.25, -0.2) is 0 Å². The van der Waals surface area contributed by atoms with Crippen LogP contribution in [0.5, 0.6) is 5.75 Å². The summed E-state index contributed by atoms with van der Waals surface area (Å²) in [6.07, 6.45) is 0.235. The van der Waals surface area contributed by atoms with E-state index in [1.165, 1.54) is 6.07 Å². The van der Waals surface area contributed by atoms with Gasteiger partial charge in [-0.1, -0.05) is 13.0 Å². The fourth-order valence-electron chi connectivity index (χ4n) is 2.40. The molecule has 1 fully saturated rings. The van der Waals surface area contributed by atoms with E-state index in [4.69, 9.17) is 4.74 Å². The van der Waals surface area contributed by atoms with E-state index in [1.54, 1.807) is 13.0 Å². The van der Waals surface area contributed by atoms with Crippen LogP contribution in [-0.4, -0.2) is 6.10 Å². The molecule has 0 atom stereocenters. The van der Waals surface area contributed by atoms with Gasteiger partial charge in [0, 0.05) is 0 Å². The van der Waals surface area contributed by atoms with Crippen LogP contribution in [0.25, 0.3) is 0 Å². The highest BCUT2D eigenvalue weighted by atomic mass is 19.4. The van der Waals surface area contributed by atoms with Crippen molar-refractivity contribution in [2.24, 2.45) is 0 Å². The zero-order valence-corrected chi connectivity index (χ0v) is 10.4. The van der Waals surface area contributed by atoms with E-state index in [0.29, 0.717) is 17.7 Å². The molecule has 1 saturated carbocycles. The van der Waals surface area contributed by atoms with Gasteiger partial charge in [0.25, 0.3) is 0 Å². The summed E-state index contributed by atoms with van der Waals surface area (Å²) in [6.45, 7) is 1.72.